The Morgan fingerprint density at radius 3 is 2.83 bits per heavy atom. The first-order valence-corrected chi connectivity index (χ1v) is 8.04. The van der Waals surface area contributed by atoms with Crippen LogP contribution >= 0.6 is 0 Å². The largest absolute Gasteiger partial charge is 0.467 e. The predicted molar refractivity (Wildman–Crippen MR) is 87.0 cm³/mol. The SMILES string of the molecule is COC(=O)[C@@H](O)C1CCN(Cc2cc3cc(C)ccc3o2)CC1. The molecule has 2 aromatic rings. The maximum atomic E-state index is 11.4. The van der Waals surface area contributed by atoms with Gasteiger partial charge in [0.25, 0.3) is 0 Å². The first-order chi connectivity index (χ1) is 11.1. The van der Waals surface area contributed by atoms with Crippen LogP contribution in [0.3, 0.4) is 0 Å². The quantitative estimate of drug-likeness (QED) is 0.878. The van der Waals surface area contributed by atoms with Gasteiger partial charge in [0.05, 0.1) is 13.7 Å². The summed E-state index contributed by atoms with van der Waals surface area (Å²) >= 11 is 0. The number of likely N-dealkylation sites (tertiary alicyclic amines) is 1. The second-order valence-electron chi connectivity index (χ2n) is 6.34. The molecule has 5 heteroatoms. The number of carbonyl (C=O) groups excluding carboxylic acids is 1. The summed E-state index contributed by atoms with van der Waals surface area (Å²) in [7, 11) is 1.31. The van der Waals surface area contributed by atoms with Crippen LogP contribution in [0.15, 0.2) is 28.7 Å². The van der Waals surface area contributed by atoms with Crippen LogP contribution in [0.25, 0.3) is 11.0 Å². The summed E-state index contributed by atoms with van der Waals surface area (Å²) in [5.41, 5.74) is 2.14. The van der Waals surface area contributed by atoms with Gasteiger partial charge in [0.2, 0.25) is 0 Å². The normalized spacial score (nSPS) is 18.2. The number of furan rings is 1. The van der Waals surface area contributed by atoms with Gasteiger partial charge in [-0.25, -0.2) is 4.79 Å². The molecule has 5 nitrogen and oxygen atoms in total. The summed E-state index contributed by atoms with van der Waals surface area (Å²) in [5, 5.41) is 11.1. The van der Waals surface area contributed by atoms with E-state index in [0.717, 1.165) is 49.2 Å². The Morgan fingerprint density at radius 1 is 1.39 bits per heavy atom. The Hall–Kier alpha value is -1.85. The van der Waals surface area contributed by atoms with Crippen LogP contribution in [0, 0.1) is 12.8 Å². The standard InChI is InChI=1S/C18H23NO4/c1-12-3-4-16-14(9-12)10-15(23-16)11-19-7-5-13(6-8-19)17(20)18(21)22-2/h3-4,9-10,13,17,20H,5-8,11H2,1-2H3/t17-/m0/s1. The molecular weight excluding hydrogens is 294 g/mol. The van der Waals surface area contributed by atoms with Crippen LogP contribution in [0.2, 0.25) is 0 Å². The van der Waals surface area contributed by atoms with Crippen molar-refractivity contribution >= 4 is 16.9 Å². The van der Waals surface area contributed by atoms with Gasteiger partial charge in [0.15, 0.2) is 6.10 Å². The number of nitrogens with zero attached hydrogens (tertiary/aromatic N) is 1. The highest BCUT2D eigenvalue weighted by atomic mass is 16.5. The average Bonchev–Trinajstić information content (AvgIpc) is 2.95. The number of aliphatic hydroxyl groups is 1. The zero-order chi connectivity index (χ0) is 16.4. The number of fused-ring (bicyclic) bond motifs is 1. The first kappa shape index (κ1) is 16.0. The zero-order valence-corrected chi connectivity index (χ0v) is 13.6. The smallest absolute Gasteiger partial charge is 0.334 e. The zero-order valence-electron chi connectivity index (χ0n) is 13.6. The Bertz CT molecular complexity index is 685. The van der Waals surface area contributed by atoms with Crippen LogP contribution in [0.5, 0.6) is 0 Å². The topological polar surface area (TPSA) is 62.9 Å². The summed E-state index contributed by atoms with van der Waals surface area (Å²) in [4.78, 5) is 13.7. The number of hydrogen-bond donors (Lipinski definition) is 1. The van der Waals surface area contributed by atoms with Gasteiger partial charge in [-0.3, -0.25) is 4.90 Å². The minimum Gasteiger partial charge on any atom is -0.467 e. The van der Waals surface area contributed by atoms with Gasteiger partial charge in [-0.2, -0.15) is 0 Å². The van der Waals surface area contributed by atoms with Crippen molar-refractivity contribution in [2.45, 2.75) is 32.4 Å². The van der Waals surface area contributed by atoms with E-state index >= 15 is 0 Å². The number of methoxy groups -OCH3 is 1. The van der Waals surface area contributed by atoms with E-state index in [1.165, 1.54) is 12.7 Å². The van der Waals surface area contributed by atoms with Crippen LogP contribution in [-0.4, -0.2) is 42.3 Å². The lowest BCUT2D eigenvalue weighted by atomic mass is 9.91. The van der Waals surface area contributed by atoms with E-state index in [4.69, 9.17) is 4.42 Å². The molecular formula is C18H23NO4. The van der Waals surface area contributed by atoms with Gasteiger partial charge in [-0.15, -0.1) is 0 Å². The number of carbonyl (C=O) groups is 1. The van der Waals surface area contributed by atoms with E-state index in [1.807, 2.05) is 6.07 Å². The Kier molecular flexibility index (Phi) is 4.68. The molecule has 124 valence electrons. The molecule has 1 aliphatic rings. The van der Waals surface area contributed by atoms with Crippen molar-refractivity contribution in [3.05, 3.63) is 35.6 Å². The molecule has 1 N–H and O–H groups in total. The average molecular weight is 317 g/mol. The fourth-order valence-corrected chi connectivity index (χ4v) is 3.26. The maximum Gasteiger partial charge on any atom is 0.334 e. The molecule has 23 heavy (non-hydrogen) atoms. The molecule has 1 fully saturated rings. The molecule has 2 heterocycles. The molecule has 0 spiro atoms. The highest BCUT2D eigenvalue weighted by molar-refractivity contribution is 5.78. The van der Waals surface area contributed by atoms with Gasteiger partial charge in [-0.05, 0) is 57.0 Å². The summed E-state index contributed by atoms with van der Waals surface area (Å²) in [6.07, 6.45) is 0.571. The number of piperidine rings is 1. The van der Waals surface area contributed by atoms with Gasteiger partial charge in [-0.1, -0.05) is 11.6 Å². The summed E-state index contributed by atoms with van der Waals surface area (Å²) in [6.45, 7) is 4.52. The minimum absolute atomic E-state index is 0.0166. The lowest BCUT2D eigenvalue weighted by molar-refractivity contribution is -0.154. The predicted octanol–water partition coefficient (Wildman–Crippen LogP) is 2.49. The minimum atomic E-state index is -1.00. The van der Waals surface area contributed by atoms with E-state index in [0.29, 0.717) is 0 Å². The number of aliphatic hydroxyl groups excluding tert-OH is 1. The van der Waals surface area contributed by atoms with Crippen molar-refractivity contribution in [2.24, 2.45) is 5.92 Å². The second kappa shape index (κ2) is 6.72. The third-order valence-electron chi connectivity index (χ3n) is 4.62. The molecule has 3 rings (SSSR count). The van der Waals surface area contributed by atoms with Crippen molar-refractivity contribution in [3.8, 4) is 0 Å². The third-order valence-corrected chi connectivity index (χ3v) is 4.62. The molecule has 0 amide bonds. The summed E-state index contributed by atoms with van der Waals surface area (Å²) < 4.78 is 10.5. The Morgan fingerprint density at radius 2 is 2.13 bits per heavy atom. The van der Waals surface area contributed by atoms with E-state index < -0.39 is 12.1 Å². The van der Waals surface area contributed by atoms with E-state index in [-0.39, 0.29) is 5.92 Å². The van der Waals surface area contributed by atoms with E-state index in [2.05, 4.69) is 34.8 Å². The highest BCUT2D eigenvalue weighted by Crippen LogP contribution is 2.25. The number of hydrogen-bond acceptors (Lipinski definition) is 5. The fraction of sp³-hybridized carbons (Fsp3) is 0.500. The third kappa shape index (κ3) is 3.57. The van der Waals surface area contributed by atoms with Gasteiger partial charge >= 0.3 is 5.97 Å². The van der Waals surface area contributed by atoms with Crippen LogP contribution in [-0.2, 0) is 16.1 Å². The molecule has 1 aromatic carbocycles. The van der Waals surface area contributed by atoms with Gasteiger partial charge < -0.3 is 14.3 Å². The lowest BCUT2D eigenvalue weighted by Crippen LogP contribution is -2.40. The number of esters is 1. The molecule has 0 unspecified atom stereocenters. The molecule has 0 saturated carbocycles. The van der Waals surface area contributed by atoms with Gasteiger partial charge in [0, 0.05) is 5.39 Å². The van der Waals surface area contributed by atoms with Crippen LogP contribution in [0.1, 0.15) is 24.2 Å². The fourth-order valence-electron chi connectivity index (χ4n) is 3.26. The molecule has 0 bridgehead atoms. The van der Waals surface area contributed by atoms with E-state index in [9.17, 15) is 9.90 Å². The number of rotatable bonds is 4. The molecule has 1 saturated heterocycles. The number of benzene rings is 1. The molecule has 1 aromatic heterocycles. The number of aryl methyl sites for hydroxylation is 1. The molecule has 1 atom stereocenters. The lowest BCUT2D eigenvalue weighted by Gasteiger charge is -2.32. The molecule has 0 radical (unpaired) electrons. The molecule has 1 aliphatic heterocycles. The highest BCUT2D eigenvalue weighted by Gasteiger charge is 2.30. The van der Waals surface area contributed by atoms with E-state index in [1.54, 1.807) is 0 Å². The Labute approximate surface area is 135 Å². The summed E-state index contributed by atoms with van der Waals surface area (Å²) in [6, 6.07) is 8.28. The van der Waals surface area contributed by atoms with Crippen molar-refractivity contribution in [3.63, 3.8) is 0 Å². The first-order valence-electron chi connectivity index (χ1n) is 8.04. The second-order valence-corrected chi connectivity index (χ2v) is 6.34. The monoisotopic (exact) mass is 317 g/mol. The number of ether oxygens (including phenoxy) is 1. The maximum absolute atomic E-state index is 11.4. The van der Waals surface area contributed by atoms with Crippen molar-refractivity contribution < 1.29 is 19.1 Å². The Balaban J connectivity index is 1.58. The van der Waals surface area contributed by atoms with Crippen molar-refractivity contribution in [1.82, 2.24) is 4.90 Å². The van der Waals surface area contributed by atoms with Crippen molar-refractivity contribution in [1.29, 1.82) is 0 Å². The summed E-state index contributed by atoms with van der Waals surface area (Å²) in [5.74, 6) is 0.408. The molecule has 0 aliphatic carbocycles. The van der Waals surface area contributed by atoms with Crippen LogP contribution in [0.4, 0.5) is 0 Å². The van der Waals surface area contributed by atoms with Crippen LogP contribution < -0.4 is 0 Å². The van der Waals surface area contributed by atoms with Gasteiger partial charge in [0.1, 0.15) is 11.3 Å². The van der Waals surface area contributed by atoms with Crippen molar-refractivity contribution in [2.75, 3.05) is 20.2 Å².